The summed E-state index contributed by atoms with van der Waals surface area (Å²) in [7, 11) is 0. The molecule has 1 aromatic rings. The van der Waals surface area contributed by atoms with Crippen molar-refractivity contribution in [3.63, 3.8) is 0 Å². The van der Waals surface area contributed by atoms with Gasteiger partial charge in [-0.05, 0) is 30.5 Å². The van der Waals surface area contributed by atoms with E-state index in [4.69, 9.17) is 11.6 Å². The lowest BCUT2D eigenvalue weighted by atomic mass is 9.91. The Morgan fingerprint density at radius 1 is 1.44 bits per heavy atom. The number of halogens is 1. The van der Waals surface area contributed by atoms with Gasteiger partial charge in [-0.1, -0.05) is 38.8 Å². The molecule has 1 heterocycles. The summed E-state index contributed by atoms with van der Waals surface area (Å²) in [6.07, 6.45) is 5.94. The minimum Gasteiger partial charge on any atom is -0.310 e. The van der Waals surface area contributed by atoms with E-state index in [-0.39, 0.29) is 0 Å². The highest BCUT2D eigenvalue weighted by molar-refractivity contribution is 6.31. The average molecular weight is 241 g/mol. The largest absolute Gasteiger partial charge is 0.310 e. The number of aromatic nitrogens is 1. The Morgan fingerprint density at radius 2 is 2.19 bits per heavy atom. The molecule has 0 amide bonds. The van der Waals surface area contributed by atoms with Crippen LogP contribution in [0.15, 0.2) is 18.5 Å². The molecule has 90 valence electrons. The molecule has 1 N–H and O–H groups in total. The van der Waals surface area contributed by atoms with Crippen LogP contribution in [0.1, 0.15) is 45.2 Å². The first-order valence-electron chi connectivity index (χ1n) is 6.03. The molecular weight excluding hydrogens is 220 g/mol. The second kappa shape index (κ2) is 6.87. The molecule has 0 saturated carbocycles. The van der Waals surface area contributed by atoms with Gasteiger partial charge in [-0.2, -0.15) is 0 Å². The summed E-state index contributed by atoms with van der Waals surface area (Å²) in [5.74, 6) is 0.588. The van der Waals surface area contributed by atoms with Crippen molar-refractivity contribution in [1.29, 1.82) is 0 Å². The molecule has 0 aliphatic heterocycles. The van der Waals surface area contributed by atoms with E-state index in [0.717, 1.165) is 11.6 Å². The normalized spacial score (nSPS) is 14.8. The zero-order valence-corrected chi connectivity index (χ0v) is 11.1. The molecule has 0 bridgehead atoms. The summed E-state index contributed by atoms with van der Waals surface area (Å²) in [6, 6.07) is 2.35. The van der Waals surface area contributed by atoms with Crippen molar-refractivity contribution in [2.45, 2.75) is 39.7 Å². The highest BCUT2D eigenvalue weighted by Crippen LogP contribution is 2.29. The number of nitrogens with one attached hydrogen (secondary N) is 1. The van der Waals surface area contributed by atoms with Gasteiger partial charge < -0.3 is 5.32 Å². The molecule has 0 aromatic carbocycles. The molecule has 0 fully saturated rings. The second-order valence-corrected chi connectivity index (χ2v) is 4.61. The first kappa shape index (κ1) is 13.5. The smallest absolute Gasteiger partial charge is 0.0637 e. The van der Waals surface area contributed by atoms with Gasteiger partial charge >= 0.3 is 0 Å². The van der Waals surface area contributed by atoms with E-state index in [1.807, 2.05) is 12.3 Å². The summed E-state index contributed by atoms with van der Waals surface area (Å²) in [6.45, 7) is 7.57. The van der Waals surface area contributed by atoms with E-state index < -0.39 is 0 Å². The third kappa shape index (κ3) is 3.46. The van der Waals surface area contributed by atoms with E-state index >= 15 is 0 Å². The van der Waals surface area contributed by atoms with Crippen LogP contribution in [-0.2, 0) is 0 Å². The van der Waals surface area contributed by atoms with Crippen LogP contribution in [0, 0.1) is 5.92 Å². The SMILES string of the molecule is CCCC(C)C(NCC)c1ccncc1Cl. The third-order valence-electron chi connectivity index (χ3n) is 2.88. The lowest BCUT2D eigenvalue weighted by molar-refractivity contribution is 0.369. The molecule has 0 aliphatic rings. The number of rotatable bonds is 6. The molecule has 0 saturated heterocycles. The Balaban J connectivity index is 2.88. The van der Waals surface area contributed by atoms with Gasteiger partial charge in [0, 0.05) is 18.4 Å². The molecule has 2 atom stereocenters. The van der Waals surface area contributed by atoms with Crippen molar-refractivity contribution in [3.8, 4) is 0 Å². The summed E-state index contributed by atoms with van der Waals surface area (Å²) in [5, 5.41) is 4.27. The quantitative estimate of drug-likeness (QED) is 0.818. The monoisotopic (exact) mass is 240 g/mol. The second-order valence-electron chi connectivity index (χ2n) is 4.20. The van der Waals surface area contributed by atoms with Crippen LogP contribution in [0.25, 0.3) is 0 Å². The van der Waals surface area contributed by atoms with Gasteiger partial charge in [-0.25, -0.2) is 0 Å². The van der Waals surface area contributed by atoms with Gasteiger partial charge in [0.1, 0.15) is 0 Å². The van der Waals surface area contributed by atoms with E-state index in [9.17, 15) is 0 Å². The first-order chi connectivity index (χ1) is 7.70. The minimum atomic E-state index is 0.334. The Hall–Kier alpha value is -0.600. The predicted octanol–water partition coefficient (Wildman–Crippen LogP) is 3.82. The molecule has 2 unspecified atom stereocenters. The number of hydrogen-bond acceptors (Lipinski definition) is 2. The van der Waals surface area contributed by atoms with Crippen LogP contribution < -0.4 is 5.32 Å². The van der Waals surface area contributed by atoms with E-state index in [0.29, 0.717) is 12.0 Å². The van der Waals surface area contributed by atoms with E-state index in [1.165, 1.54) is 18.4 Å². The topological polar surface area (TPSA) is 24.9 Å². The average Bonchev–Trinajstić information content (AvgIpc) is 2.27. The summed E-state index contributed by atoms with van der Waals surface area (Å²) >= 11 is 6.20. The van der Waals surface area contributed by atoms with Crippen LogP contribution in [0.3, 0.4) is 0 Å². The molecular formula is C13H21ClN2. The Morgan fingerprint density at radius 3 is 2.75 bits per heavy atom. The first-order valence-corrected chi connectivity index (χ1v) is 6.41. The molecule has 2 nitrogen and oxygen atoms in total. The number of pyridine rings is 1. The van der Waals surface area contributed by atoms with Crippen LogP contribution in [0.5, 0.6) is 0 Å². The number of nitrogens with zero attached hydrogens (tertiary/aromatic N) is 1. The van der Waals surface area contributed by atoms with Crippen molar-refractivity contribution in [3.05, 3.63) is 29.0 Å². The molecule has 3 heteroatoms. The van der Waals surface area contributed by atoms with Gasteiger partial charge in [0.2, 0.25) is 0 Å². The lowest BCUT2D eigenvalue weighted by Gasteiger charge is -2.25. The molecule has 0 aliphatic carbocycles. The van der Waals surface area contributed by atoms with Gasteiger partial charge in [0.05, 0.1) is 5.02 Å². The standard InChI is InChI=1S/C13H21ClN2/c1-4-6-10(3)13(16-5-2)11-7-8-15-9-12(11)14/h7-10,13,16H,4-6H2,1-3H3. The maximum absolute atomic E-state index is 6.20. The van der Waals surface area contributed by atoms with Gasteiger partial charge in [0.15, 0.2) is 0 Å². The van der Waals surface area contributed by atoms with Crippen molar-refractivity contribution in [1.82, 2.24) is 10.3 Å². The molecule has 1 rings (SSSR count). The molecule has 1 aromatic heterocycles. The summed E-state index contributed by atoms with van der Waals surface area (Å²) < 4.78 is 0. The van der Waals surface area contributed by atoms with Crippen LogP contribution in [0.2, 0.25) is 5.02 Å². The fourth-order valence-electron chi connectivity index (χ4n) is 2.10. The summed E-state index contributed by atoms with van der Waals surface area (Å²) in [5.41, 5.74) is 1.17. The fraction of sp³-hybridized carbons (Fsp3) is 0.615. The van der Waals surface area contributed by atoms with Crippen molar-refractivity contribution in [2.75, 3.05) is 6.54 Å². The maximum atomic E-state index is 6.20. The predicted molar refractivity (Wildman–Crippen MR) is 69.7 cm³/mol. The Labute approximate surface area is 103 Å². The fourth-order valence-corrected chi connectivity index (χ4v) is 2.33. The van der Waals surface area contributed by atoms with Crippen LogP contribution in [0.4, 0.5) is 0 Å². The van der Waals surface area contributed by atoms with Crippen LogP contribution in [-0.4, -0.2) is 11.5 Å². The highest BCUT2D eigenvalue weighted by atomic mass is 35.5. The maximum Gasteiger partial charge on any atom is 0.0637 e. The zero-order chi connectivity index (χ0) is 12.0. The van der Waals surface area contributed by atoms with E-state index in [2.05, 4.69) is 31.1 Å². The van der Waals surface area contributed by atoms with Crippen molar-refractivity contribution < 1.29 is 0 Å². The molecule has 0 spiro atoms. The van der Waals surface area contributed by atoms with E-state index in [1.54, 1.807) is 6.20 Å². The van der Waals surface area contributed by atoms with Gasteiger partial charge in [-0.15, -0.1) is 0 Å². The zero-order valence-electron chi connectivity index (χ0n) is 10.3. The summed E-state index contributed by atoms with van der Waals surface area (Å²) in [4.78, 5) is 4.03. The third-order valence-corrected chi connectivity index (χ3v) is 3.19. The molecule has 0 radical (unpaired) electrons. The lowest BCUT2D eigenvalue weighted by Crippen LogP contribution is -2.27. The van der Waals surface area contributed by atoms with Crippen molar-refractivity contribution in [2.24, 2.45) is 5.92 Å². The Bertz CT molecular complexity index is 315. The molecule has 16 heavy (non-hydrogen) atoms. The minimum absolute atomic E-state index is 0.334. The number of hydrogen-bond donors (Lipinski definition) is 1. The van der Waals surface area contributed by atoms with Crippen LogP contribution >= 0.6 is 11.6 Å². The Kier molecular flexibility index (Phi) is 5.78. The highest BCUT2D eigenvalue weighted by Gasteiger charge is 2.19. The van der Waals surface area contributed by atoms with Gasteiger partial charge in [-0.3, -0.25) is 4.98 Å². The van der Waals surface area contributed by atoms with Gasteiger partial charge in [0.25, 0.3) is 0 Å². The van der Waals surface area contributed by atoms with Crippen molar-refractivity contribution >= 4 is 11.6 Å².